The second kappa shape index (κ2) is 4.34. The topological polar surface area (TPSA) is 75.7 Å². The molecular weight excluding hydrogens is 283 g/mol. The van der Waals surface area contributed by atoms with Crippen LogP contribution in [0.3, 0.4) is 0 Å². The van der Waals surface area contributed by atoms with Gasteiger partial charge in [0.2, 0.25) is 15.0 Å². The van der Waals surface area contributed by atoms with E-state index in [1.165, 1.54) is 18.5 Å². The number of hydrogen-bond donors (Lipinski definition) is 1. The van der Waals surface area contributed by atoms with Crippen LogP contribution in [0, 0.1) is 0 Å². The van der Waals surface area contributed by atoms with E-state index in [4.69, 9.17) is 0 Å². The molecular formula is C10H8F3N3O2S. The summed E-state index contributed by atoms with van der Waals surface area (Å²) in [6.45, 7) is 0. The largest absolute Gasteiger partial charge is 0.419 e. The molecule has 2 heterocycles. The van der Waals surface area contributed by atoms with Gasteiger partial charge in [-0.3, -0.25) is 0 Å². The minimum Gasteiger partial charge on any atom is -0.367 e. The van der Waals surface area contributed by atoms with Gasteiger partial charge in [-0.1, -0.05) is 0 Å². The van der Waals surface area contributed by atoms with E-state index in [9.17, 15) is 21.6 Å². The SMILES string of the molecule is CS(=O)(=O)c1ncc(C(F)(F)F)c(-c2cc[nH]c2)n1. The molecule has 2 aromatic rings. The normalized spacial score (nSPS) is 12.6. The molecule has 0 fully saturated rings. The second-order valence-corrected chi connectivity index (χ2v) is 5.69. The van der Waals surface area contributed by atoms with Crippen LogP contribution in [0.1, 0.15) is 5.56 Å². The molecule has 0 spiro atoms. The maximum Gasteiger partial charge on any atom is 0.419 e. The summed E-state index contributed by atoms with van der Waals surface area (Å²) in [5, 5.41) is -0.642. The lowest BCUT2D eigenvalue weighted by Gasteiger charge is -2.11. The molecule has 0 unspecified atom stereocenters. The number of alkyl halides is 3. The Morgan fingerprint density at radius 1 is 1.32 bits per heavy atom. The number of aromatic nitrogens is 3. The van der Waals surface area contributed by atoms with E-state index in [2.05, 4.69) is 15.0 Å². The van der Waals surface area contributed by atoms with Crippen molar-refractivity contribution >= 4 is 9.84 Å². The molecule has 0 saturated heterocycles. The monoisotopic (exact) mass is 291 g/mol. The maximum absolute atomic E-state index is 12.8. The molecule has 0 saturated carbocycles. The molecule has 5 nitrogen and oxygen atoms in total. The van der Waals surface area contributed by atoms with E-state index in [1.807, 2.05) is 0 Å². The van der Waals surface area contributed by atoms with Crippen molar-refractivity contribution in [2.75, 3.05) is 6.26 Å². The van der Waals surface area contributed by atoms with Gasteiger partial charge < -0.3 is 4.98 Å². The van der Waals surface area contributed by atoms with Crippen LogP contribution < -0.4 is 0 Å². The highest BCUT2D eigenvalue weighted by molar-refractivity contribution is 7.90. The highest BCUT2D eigenvalue weighted by atomic mass is 32.2. The molecule has 2 aromatic heterocycles. The third-order valence-corrected chi connectivity index (χ3v) is 3.14. The first kappa shape index (κ1) is 13.5. The number of H-pyrrole nitrogens is 1. The summed E-state index contributed by atoms with van der Waals surface area (Å²) in [5.74, 6) is 0. The van der Waals surface area contributed by atoms with Crippen LogP contribution >= 0.6 is 0 Å². The lowest BCUT2D eigenvalue weighted by Crippen LogP contribution is -2.13. The Morgan fingerprint density at radius 2 is 2.00 bits per heavy atom. The first-order valence-corrected chi connectivity index (χ1v) is 6.86. The number of nitrogens with zero attached hydrogens (tertiary/aromatic N) is 2. The third kappa shape index (κ3) is 2.75. The van der Waals surface area contributed by atoms with Crippen molar-refractivity contribution < 1.29 is 21.6 Å². The van der Waals surface area contributed by atoms with Gasteiger partial charge in [0.25, 0.3) is 0 Å². The van der Waals surface area contributed by atoms with Crippen LogP contribution in [0.2, 0.25) is 0 Å². The van der Waals surface area contributed by atoms with Crippen LogP contribution in [0.4, 0.5) is 13.2 Å². The van der Waals surface area contributed by atoms with E-state index >= 15 is 0 Å². The Bertz CT molecular complexity index is 693. The van der Waals surface area contributed by atoms with Gasteiger partial charge in [0.15, 0.2) is 0 Å². The molecule has 0 aliphatic heterocycles. The van der Waals surface area contributed by atoms with Crippen LogP contribution in [0.25, 0.3) is 11.3 Å². The Balaban J connectivity index is 2.72. The summed E-state index contributed by atoms with van der Waals surface area (Å²) < 4.78 is 61.1. The van der Waals surface area contributed by atoms with Crippen LogP contribution in [-0.4, -0.2) is 29.6 Å². The Hall–Kier alpha value is -1.90. The molecule has 0 aliphatic rings. The number of halogens is 3. The number of nitrogens with one attached hydrogen (secondary N) is 1. The second-order valence-electron chi connectivity index (χ2n) is 3.78. The Labute approximate surface area is 106 Å². The quantitative estimate of drug-likeness (QED) is 0.857. The van der Waals surface area contributed by atoms with Crippen molar-refractivity contribution in [2.45, 2.75) is 11.3 Å². The fraction of sp³-hybridized carbons (Fsp3) is 0.200. The molecule has 0 bridgehead atoms. The molecule has 1 N–H and O–H groups in total. The average Bonchev–Trinajstić information content (AvgIpc) is 2.79. The zero-order chi connectivity index (χ0) is 14.3. The van der Waals surface area contributed by atoms with Crippen molar-refractivity contribution in [3.8, 4) is 11.3 Å². The van der Waals surface area contributed by atoms with Crippen LogP contribution in [0.5, 0.6) is 0 Å². The minimum absolute atomic E-state index is 0.139. The summed E-state index contributed by atoms with van der Waals surface area (Å²) in [6, 6.07) is 1.36. The van der Waals surface area contributed by atoms with Gasteiger partial charge in [-0.25, -0.2) is 18.4 Å². The highest BCUT2D eigenvalue weighted by Crippen LogP contribution is 2.35. The lowest BCUT2D eigenvalue weighted by atomic mass is 10.1. The van der Waals surface area contributed by atoms with Crippen molar-refractivity contribution in [2.24, 2.45) is 0 Å². The smallest absolute Gasteiger partial charge is 0.367 e. The summed E-state index contributed by atoms with van der Waals surface area (Å²) in [7, 11) is -3.78. The molecule has 0 aromatic carbocycles. The molecule has 0 radical (unpaired) electrons. The van der Waals surface area contributed by atoms with E-state index in [0.717, 1.165) is 6.26 Å². The number of rotatable bonds is 2. The van der Waals surface area contributed by atoms with Crippen LogP contribution in [0.15, 0.2) is 29.8 Å². The van der Waals surface area contributed by atoms with Gasteiger partial charge in [0.1, 0.15) is 5.56 Å². The zero-order valence-electron chi connectivity index (χ0n) is 9.56. The van der Waals surface area contributed by atoms with Gasteiger partial charge in [-0.2, -0.15) is 13.2 Å². The van der Waals surface area contributed by atoms with E-state index in [1.54, 1.807) is 0 Å². The molecule has 0 atom stereocenters. The third-order valence-electron chi connectivity index (χ3n) is 2.28. The zero-order valence-corrected chi connectivity index (χ0v) is 10.4. The van der Waals surface area contributed by atoms with Gasteiger partial charge in [0, 0.05) is 30.4 Å². The number of aromatic amines is 1. The van der Waals surface area contributed by atoms with Gasteiger partial charge in [0.05, 0.1) is 5.69 Å². The summed E-state index contributed by atoms with van der Waals surface area (Å²) in [5.41, 5.74) is -1.41. The molecule has 0 amide bonds. The van der Waals surface area contributed by atoms with Crippen molar-refractivity contribution in [1.82, 2.24) is 15.0 Å². The molecule has 0 aliphatic carbocycles. The van der Waals surface area contributed by atoms with Crippen molar-refractivity contribution in [3.05, 3.63) is 30.2 Å². The lowest BCUT2D eigenvalue weighted by molar-refractivity contribution is -0.137. The molecule has 102 valence electrons. The fourth-order valence-electron chi connectivity index (χ4n) is 1.44. The van der Waals surface area contributed by atoms with Gasteiger partial charge in [-0.05, 0) is 6.07 Å². The number of sulfone groups is 1. The first-order valence-electron chi connectivity index (χ1n) is 4.97. The van der Waals surface area contributed by atoms with Crippen molar-refractivity contribution in [1.29, 1.82) is 0 Å². The Kier molecular flexibility index (Phi) is 3.09. The first-order chi connectivity index (χ1) is 8.69. The standard InChI is InChI=1S/C10H8F3N3O2S/c1-19(17,18)9-15-5-7(10(11,12)13)8(16-9)6-2-3-14-4-6/h2-5,14H,1H3. The maximum atomic E-state index is 12.8. The molecule has 9 heteroatoms. The van der Waals surface area contributed by atoms with E-state index in [-0.39, 0.29) is 5.56 Å². The average molecular weight is 291 g/mol. The summed E-state index contributed by atoms with van der Waals surface area (Å²) in [4.78, 5) is 9.36. The fourth-order valence-corrected chi connectivity index (χ4v) is 1.94. The number of hydrogen-bond acceptors (Lipinski definition) is 4. The minimum atomic E-state index is -4.66. The van der Waals surface area contributed by atoms with Gasteiger partial charge >= 0.3 is 6.18 Å². The predicted molar refractivity (Wildman–Crippen MR) is 59.9 cm³/mol. The summed E-state index contributed by atoms with van der Waals surface area (Å²) in [6.07, 6.45) is -0.647. The Morgan fingerprint density at radius 3 is 2.47 bits per heavy atom. The van der Waals surface area contributed by atoms with Gasteiger partial charge in [-0.15, -0.1) is 0 Å². The van der Waals surface area contributed by atoms with Crippen molar-refractivity contribution in [3.63, 3.8) is 0 Å². The van der Waals surface area contributed by atoms with E-state index < -0.39 is 32.4 Å². The van der Waals surface area contributed by atoms with E-state index in [0.29, 0.717) is 6.20 Å². The summed E-state index contributed by atoms with van der Waals surface area (Å²) >= 11 is 0. The molecule has 19 heavy (non-hydrogen) atoms. The predicted octanol–water partition coefficient (Wildman–Crippen LogP) is 1.89. The molecule has 2 rings (SSSR count). The van der Waals surface area contributed by atoms with Crippen LogP contribution in [-0.2, 0) is 16.0 Å². The highest BCUT2D eigenvalue weighted by Gasteiger charge is 2.36.